The van der Waals surface area contributed by atoms with Gasteiger partial charge in [-0.05, 0) is 51.7 Å². The fraction of sp³-hybridized carbons (Fsp3) is 0.500. The quantitative estimate of drug-likeness (QED) is 0.809. The molecule has 2 heterocycles. The van der Waals surface area contributed by atoms with Gasteiger partial charge < -0.3 is 15.2 Å². The number of nitrogens with one attached hydrogen (secondary N) is 2. The van der Waals surface area contributed by atoms with Crippen molar-refractivity contribution in [1.29, 1.82) is 0 Å². The Balaban J connectivity index is 1.44. The normalized spacial score (nSPS) is 20.0. The number of carbonyl (C=O) groups is 2. The number of rotatable bonds is 5. The van der Waals surface area contributed by atoms with Crippen LogP contribution in [0.3, 0.4) is 0 Å². The average Bonchev–Trinajstić information content (AvgIpc) is 3.19. The zero-order valence-electron chi connectivity index (χ0n) is 14.8. The first kappa shape index (κ1) is 18.9. The van der Waals surface area contributed by atoms with Crippen LogP contribution in [0, 0.1) is 19.8 Å². The zero-order chi connectivity index (χ0) is 18.7. The van der Waals surface area contributed by atoms with Crippen molar-refractivity contribution in [3.63, 3.8) is 0 Å². The monoisotopic (exact) mass is 395 g/mol. The van der Waals surface area contributed by atoms with Crippen molar-refractivity contribution < 1.29 is 14.1 Å². The van der Waals surface area contributed by atoms with Gasteiger partial charge in [0.05, 0.1) is 14.9 Å². The molecular formula is C18H22ClN3O3S. The van der Waals surface area contributed by atoms with Gasteiger partial charge in [-0.2, -0.15) is 0 Å². The van der Waals surface area contributed by atoms with Crippen molar-refractivity contribution in [2.45, 2.75) is 52.1 Å². The largest absolute Gasteiger partial charge is 0.361 e. The van der Waals surface area contributed by atoms with Crippen LogP contribution >= 0.6 is 22.9 Å². The summed E-state index contributed by atoms with van der Waals surface area (Å²) in [6.07, 6.45) is 3.13. The van der Waals surface area contributed by atoms with E-state index in [-0.39, 0.29) is 23.8 Å². The van der Waals surface area contributed by atoms with Gasteiger partial charge in [0.25, 0.3) is 5.91 Å². The molecular weight excluding hydrogens is 374 g/mol. The summed E-state index contributed by atoms with van der Waals surface area (Å²) < 4.78 is 5.72. The van der Waals surface area contributed by atoms with Gasteiger partial charge in [0, 0.05) is 24.1 Å². The molecule has 1 aliphatic rings. The summed E-state index contributed by atoms with van der Waals surface area (Å²) in [6.45, 7) is 4.15. The highest BCUT2D eigenvalue weighted by molar-refractivity contribution is 7.18. The minimum absolute atomic E-state index is 0.0141. The number of hydrogen-bond acceptors (Lipinski definition) is 5. The molecule has 6 nitrogen and oxygen atoms in total. The van der Waals surface area contributed by atoms with Gasteiger partial charge in [-0.1, -0.05) is 16.8 Å². The highest BCUT2D eigenvalue weighted by Crippen LogP contribution is 2.26. The fourth-order valence-electron chi connectivity index (χ4n) is 3.27. The van der Waals surface area contributed by atoms with E-state index in [4.69, 9.17) is 16.1 Å². The Morgan fingerprint density at radius 1 is 1.27 bits per heavy atom. The molecule has 140 valence electrons. The van der Waals surface area contributed by atoms with E-state index >= 15 is 0 Å². The van der Waals surface area contributed by atoms with Crippen molar-refractivity contribution >= 4 is 34.8 Å². The molecule has 2 aromatic heterocycles. The van der Waals surface area contributed by atoms with Crippen LogP contribution in [0.1, 0.15) is 52.4 Å². The number of aromatic nitrogens is 1. The molecule has 2 amide bonds. The first-order valence-corrected chi connectivity index (χ1v) is 9.89. The number of halogens is 1. The molecule has 8 heteroatoms. The van der Waals surface area contributed by atoms with Gasteiger partial charge in [0.1, 0.15) is 5.76 Å². The van der Waals surface area contributed by atoms with Gasteiger partial charge >= 0.3 is 0 Å². The minimum atomic E-state index is -0.0896. The van der Waals surface area contributed by atoms with E-state index in [1.54, 1.807) is 12.1 Å². The number of carbonyl (C=O) groups excluding carboxylic acids is 2. The molecule has 0 aromatic carbocycles. The first-order valence-electron chi connectivity index (χ1n) is 8.69. The minimum Gasteiger partial charge on any atom is -0.361 e. The van der Waals surface area contributed by atoms with E-state index in [2.05, 4.69) is 15.8 Å². The molecule has 2 N–H and O–H groups in total. The highest BCUT2D eigenvalue weighted by atomic mass is 35.5. The lowest BCUT2D eigenvalue weighted by Gasteiger charge is -2.28. The molecule has 26 heavy (non-hydrogen) atoms. The highest BCUT2D eigenvalue weighted by Gasteiger charge is 2.27. The first-order chi connectivity index (χ1) is 12.4. The fourth-order valence-corrected chi connectivity index (χ4v) is 4.21. The second kappa shape index (κ2) is 8.22. The Labute approximate surface area is 161 Å². The molecule has 1 saturated carbocycles. The molecule has 0 atom stereocenters. The maximum atomic E-state index is 12.4. The predicted octanol–water partition coefficient (Wildman–Crippen LogP) is 3.61. The lowest BCUT2D eigenvalue weighted by molar-refractivity contribution is -0.126. The molecule has 0 radical (unpaired) electrons. The SMILES string of the molecule is Cc1noc(C)c1CNC(=O)C1CCC(NC(=O)c2ccc(Cl)s2)CC1. The standard InChI is InChI=1S/C18H22ClN3O3S/c1-10-14(11(2)25-22-10)9-20-17(23)12-3-5-13(6-4-12)21-18(24)15-7-8-16(19)26-15/h7-8,12-13H,3-6,9H2,1-2H3,(H,20,23)(H,21,24). The van der Waals surface area contributed by atoms with E-state index in [1.807, 2.05) is 13.8 Å². The van der Waals surface area contributed by atoms with Crippen LogP contribution in [0.5, 0.6) is 0 Å². The molecule has 1 fully saturated rings. The molecule has 0 bridgehead atoms. The molecule has 0 unspecified atom stereocenters. The van der Waals surface area contributed by atoms with Crippen molar-refractivity contribution in [1.82, 2.24) is 15.8 Å². The summed E-state index contributed by atoms with van der Waals surface area (Å²) in [5.74, 6) is 0.690. The zero-order valence-corrected chi connectivity index (χ0v) is 16.4. The van der Waals surface area contributed by atoms with E-state index in [0.717, 1.165) is 42.7 Å². The number of amides is 2. The summed E-state index contributed by atoms with van der Waals surface area (Å²) in [5, 5.41) is 9.92. The topological polar surface area (TPSA) is 84.2 Å². The Hall–Kier alpha value is -1.86. The number of thiophene rings is 1. The van der Waals surface area contributed by atoms with Gasteiger partial charge in [-0.25, -0.2) is 0 Å². The number of aryl methyl sites for hydroxylation is 2. The summed E-state index contributed by atoms with van der Waals surface area (Å²) in [6, 6.07) is 3.56. The van der Waals surface area contributed by atoms with Crippen molar-refractivity contribution in [2.24, 2.45) is 5.92 Å². The molecule has 1 aliphatic carbocycles. The Kier molecular flexibility index (Phi) is 5.98. The Bertz CT molecular complexity index is 774. The van der Waals surface area contributed by atoms with Gasteiger partial charge in [-0.15, -0.1) is 11.3 Å². The van der Waals surface area contributed by atoms with E-state index in [0.29, 0.717) is 15.8 Å². The van der Waals surface area contributed by atoms with Crippen molar-refractivity contribution in [3.05, 3.63) is 38.4 Å². The smallest absolute Gasteiger partial charge is 0.261 e. The van der Waals surface area contributed by atoms with Crippen LogP contribution in [-0.4, -0.2) is 23.0 Å². The predicted molar refractivity (Wildman–Crippen MR) is 100 cm³/mol. The Morgan fingerprint density at radius 2 is 2.00 bits per heavy atom. The number of hydrogen-bond donors (Lipinski definition) is 2. The van der Waals surface area contributed by atoms with Crippen LogP contribution in [-0.2, 0) is 11.3 Å². The molecule has 2 aromatic rings. The summed E-state index contributed by atoms with van der Waals surface area (Å²) in [4.78, 5) is 25.2. The van der Waals surface area contributed by atoms with Gasteiger partial charge in [-0.3, -0.25) is 9.59 Å². The van der Waals surface area contributed by atoms with E-state index in [1.165, 1.54) is 11.3 Å². The van der Waals surface area contributed by atoms with Gasteiger partial charge in [0.15, 0.2) is 0 Å². The van der Waals surface area contributed by atoms with Crippen molar-refractivity contribution in [2.75, 3.05) is 0 Å². The summed E-state index contributed by atoms with van der Waals surface area (Å²) >= 11 is 7.15. The summed E-state index contributed by atoms with van der Waals surface area (Å²) in [7, 11) is 0. The van der Waals surface area contributed by atoms with Crippen LogP contribution in [0.15, 0.2) is 16.7 Å². The van der Waals surface area contributed by atoms with Crippen LogP contribution < -0.4 is 10.6 Å². The number of nitrogens with zero attached hydrogens (tertiary/aromatic N) is 1. The van der Waals surface area contributed by atoms with E-state index < -0.39 is 0 Å². The van der Waals surface area contributed by atoms with Crippen LogP contribution in [0.4, 0.5) is 0 Å². The third-order valence-corrected chi connectivity index (χ3v) is 6.08. The van der Waals surface area contributed by atoms with Gasteiger partial charge in [0.2, 0.25) is 5.91 Å². The Morgan fingerprint density at radius 3 is 2.58 bits per heavy atom. The lowest BCUT2D eigenvalue weighted by Crippen LogP contribution is -2.40. The second-order valence-electron chi connectivity index (χ2n) is 6.65. The summed E-state index contributed by atoms with van der Waals surface area (Å²) in [5.41, 5.74) is 1.75. The molecule has 0 saturated heterocycles. The molecule has 0 aliphatic heterocycles. The maximum Gasteiger partial charge on any atom is 0.261 e. The van der Waals surface area contributed by atoms with E-state index in [9.17, 15) is 9.59 Å². The average molecular weight is 396 g/mol. The molecule has 3 rings (SSSR count). The third kappa shape index (κ3) is 4.45. The molecule has 0 spiro atoms. The second-order valence-corrected chi connectivity index (χ2v) is 8.36. The van der Waals surface area contributed by atoms with Crippen molar-refractivity contribution in [3.8, 4) is 0 Å². The third-order valence-electron chi connectivity index (χ3n) is 4.85. The van der Waals surface area contributed by atoms with Crippen LogP contribution in [0.25, 0.3) is 0 Å². The maximum absolute atomic E-state index is 12.4. The lowest BCUT2D eigenvalue weighted by atomic mass is 9.85. The van der Waals surface area contributed by atoms with Crippen LogP contribution in [0.2, 0.25) is 4.34 Å².